The second kappa shape index (κ2) is 8.02. The van der Waals surface area contributed by atoms with Gasteiger partial charge >= 0.3 is 0 Å². The van der Waals surface area contributed by atoms with Crippen LogP contribution in [-0.4, -0.2) is 43.8 Å². The summed E-state index contributed by atoms with van der Waals surface area (Å²) < 4.78 is 26.1. The number of rotatable bonds is 7. The van der Waals surface area contributed by atoms with Crippen molar-refractivity contribution in [1.82, 2.24) is 20.3 Å². The van der Waals surface area contributed by atoms with Gasteiger partial charge < -0.3 is 10.6 Å². The normalized spacial score (nSPS) is 11.8. The largest absolute Gasteiger partial charge is 0.350 e. The Labute approximate surface area is 136 Å². The Hall–Kier alpha value is -2.00. The van der Waals surface area contributed by atoms with Gasteiger partial charge in [-0.15, -0.1) is 0 Å². The fourth-order valence-corrected chi connectivity index (χ4v) is 2.61. The summed E-state index contributed by atoms with van der Waals surface area (Å²) in [7, 11) is -3.68. The smallest absolute Gasteiger partial charge is 0.242 e. The number of nitrogens with one attached hydrogen (secondary N) is 3. The quantitative estimate of drug-likeness (QED) is 0.633. The molecule has 1 aromatic rings. The summed E-state index contributed by atoms with van der Waals surface area (Å²) in [6, 6.07) is 2.92. The van der Waals surface area contributed by atoms with E-state index in [1.807, 2.05) is 20.8 Å². The third kappa shape index (κ3) is 7.71. The molecule has 1 rings (SSSR count). The molecule has 1 aromatic heterocycles. The number of hydrogen-bond donors (Lipinski definition) is 3. The molecule has 0 spiro atoms. The number of nitrogens with zero attached hydrogens (tertiary/aromatic N) is 1. The van der Waals surface area contributed by atoms with Crippen molar-refractivity contribution in [2.75, 3.05) is 13.1 Å². The van der Waals surface area contributed by atoms with Gasteiger partial charge in [0.05, 0.1) is 6.54 Å². The Balaban J connectivity index is 2.33. The van der Waals surface area contributed by atoms with Gasteiger partial charge in [-0.1, -0.05) is 0 Å². The summed E-state index contributed by atoms with van der Waals surface area (Å²) in [5, 5.41) is 5.14. The maximum Gasteiger partial charge on any atom is 0.242 e. The number of hydrogen-bond acceptors (Lipinski definition) is 5. The van der Waals surface area contributed by atoms with Crippen LogP contribution in [0.2, 0.25) is 0 Å². The molecule has 3 N–H and O–H groups in total. The summed E-state index contributed by atoms with van der Waals surface area (Å²) in [6.45, 7) is 5.29. The van der Waals surface area contributed by atoms with E-state index in [1.54, 1.807) is 0 Å². The molecule has 0 saturated heterocycles. The lowest BCUT2D eigenvalue weighted by Crippen LogP contribution is -2.46. The Kier molecular flexibility index (Phi) is 6.64. The van der Waals surface area contributed by atoms with Crippen molar-refractivity contribution in [3.63, 3.8) is 0 Å². The van der Waals surface area contributed by atoms with Gasteiger partial charge in [-0.25, -0.2) is 13.1 Å². The molecule has 9 heteroatoms. The van der Waals surface area contributed by atoms with Gasteiger partial charge in [0.25, 0.3) is 0 Å². The third-order valence-electron chi connectivity index (χ3n) is 2.55. The second-order valence-electron chi connectivity index (χ2n) is 5.91. The lowest BCUT2D eigenvalue weighted by Gasteiger charge is -2.20. The summed E-state index contributed by atoms with van der Waals surface area (Å²) in [5.41, 5.74) is -0.374. The zero-order chi connectivity index (χ0) is 17.5. The van der Waals surface area contributed by atoms with E-state index < -0.39 is 15.9 Å². The van der Waals surface area contributed by atoms with Crippen molar-refractivity contribution in [2.45, 2.75) is 37.6 Å². The Morgan fingerprint density at radius 1 is 1.22 bits per heavy atom. The molecule has 0 aliphatic heterocycles. The molecule has 0 bridgehead atoms. The van der Waals surface area contributed by atoms with E-state index in [0.29, 0.717) is 0 Å². The molecule has 2 amide bonds. The molecule has 0 aliphatic rings. The highest BCUT2D eigenvalue weighted by Crippen LogP contribution is 2.04. The monoisotopic (exact) mass is 342 g/mol. The van der Waals surface area contributed by atoms with Crippen LogP contribution in [0.3, 0.4) is 0 Å². The summed E-state index contributed by atoms with van der Waals surface area (Å²) in [6.07, 6.45) is 2.62. The number of carbonyl (C=O) groups excluding carboxylic acids is 2. The Morgan fingerprint density at radius 2 is 1.91 bits per heavy atom. The molecule has 0 aliphatic carbocycles. The van der Waals surface area contributed by atoms with Crippen molar-refractivity contribution < 1.29 is 18.0 Å². The van der Waals surface area contributed by atoms with Crippen molar-refractivity contribution in [3.8, 4) is 0 Å². The van der Waals surface area contributed by atoms with E-state index in [0.717, 1.165) is 0 Å². The molecule has 0 unspecified atom stereocenters. The first-order chi connectivity index (χ1) is 10.6. The first-order valence-corrected chi connectivity index (χ1v) is 8.56. The van der Waals surface area contributed by atoms with Crippen LogP contribution in [-0.2, 0) is 19.6 Å². The maximum atomic E-state index is 11.9. The lowest BCUT2D eigenvalue weighted by molar-refractivity contribution is -0.126. The van der Waals surface area contributed by atoms with Crippen LogP contribution in [0.1, 0.15) is 27.2 Å². The number of sulfonamides is 1. The molecule has 0 aromatic carbocycles. The number of pyridine rings is 1. The molecule has 0 radical (unpaired) electrons. The first kappa shape index (κ1) is 19.0. The zero-order valence-corrected chi connectivity index (χ0v) is 14.2. The fraction of sp³-hybridized carbons (Fsp3) is 0.500. The number of aromatic nitrogens is 1. The third-order valence-corrected chi connectivity index (χ3v) is 4.00. The van der Waals surface area contributed by atoms with Crippen molar-refractivity contribution in [2.24, 2.45) is 0 Å². The average molecular weight is 342 g/mol. The van der Waals surface area contributed by atoms with Crippen LogP contribution in [0.15, 0.2) is 29.4 Å². The standard InChI is InChI=1S/C14H22N4O4S/c1-14(2,3)18-13(20)10-16-12(19)6-8-17-23(21,22)11-5-4-7-15-9-11/h4-5,7,9,17H,6,8,10H2,1-3H3,(H,16,19)(H,18,20). The van der Waals surface area contributed by atoms with Gasteiger partial charge in [0.2, 0.25) is 21.8 Å². The second-order valence-corrected chi connectivity index (χ2v) is 7.68. The number of carbonyl (C=O) groups is 2. The minimum atomic E-state index is -3.68. The highest BCUT2D eigenvalue weighted by atomic mass is 32.2. The van der Waals surface area contributed by atoms with Crippen LogP contribution in [0.5, 0.6) is 0 Å². The maximum absolute atomic E-state index is 11.9. The predicted molar refractivity (Wildman–Crippen MR) is 84.9 cm³/mol. The van der Waals surface area contributed by atoms with E-state index in [4.69, 9.17) is 0 Å². The van der Waals surface area contributed by atoms with Gasteiger partial charge in [0.1, 0.15) is 4.90 Å². The van der Waals surface area contributed by atoms with Crippen LogP contribution < -0.4 is 15.4 Å². The van der Waals surface area contributed by atoms with E-state index in [1.165, 1.54) is 24.5 Å². The summed E-state index contributed by atoms with van der Waals surface area (Å²) in [5.74, 6) is -0.718. The van der Waals surface area contributed by atoms with Crippen LogP contribution in [0, 0.1) is 0 Å². The molecule has 0 saturated carbocycles. The lowest BCUT2D eigenvalue weighted by atomic mass is 10.1. The predicted octanol–water partition coefficient (Wildman–Crippen LogP) is -0.219. The van der Waals surface area contributed by atoms with Crippen LogP contribution in [0.4, 0.5) is 0 Å². The molecule has 0 fully saturated rings. The van der Waals surface area contributed by atoms with Crippen LogP contribution >= 0.6 is 0 Å². The van der Waals surface area contributed by atoms with Gasteiger partial charge in [-0.05, 0) is 32.9 Å². The number of amides is 2. The molecule has 1 heterocycles. The van der Waals surface area contributed by atoms with Gasteiger partial charge in [-0.3, -0.25) is 14.6 Å². The molecule has 0 atom stereocenters. The molecule has 8 nitrogen and oxygen atoms in total. The molecular weight excluding hydrogens is 320 g/mol. The minimum Gasteiger partial charge on any atom is -0.350 e. The molecular formula is C14H22N4O4S. The molecule has 23 heavy (non-hydrogen) atoms. The zero-order valence-electron chi connectivity index (χ0n) is 13.4. The fourth-order valence-electron chi connectivity index (χ4n) is 1.62. The van der Waals surface area contributed by atoms with Crippen molar-refractivity contribution in [1.29, 1.82) is 0 Å². The Bertz CT molecular complexity index is 638. The minimum absolute atomic E-state index is 0.0324. The summed E-state index contributed by atoms with van der Waals surface area (Å²) in [4.78, 5) is 26.9. The van der Waals surface area contributed by atoms with E-state index in [9.17, 15) is 18.0 Å². The van der Waals surface area contributed by atoms with Gasteiger partial charge in [-0.2, -0.15) is 0 Å². The van der Waals surface area contributed by atoms with Crippen LogP contribution in [0.25, 0.3) is 0 Å². The van der Waals surface area contributed by atoms with Crippen molar-refractivity contribution in [3.05, 3.63) is 24.5 Å². The summed E-state index contributed by atoms with van der Waals surface area (Å²) >= 11 is 0. The van der Waals surface area contributed by atoms with E-state index in [2.05, 4.69) is 20.3 Å². The van der Waals surface area contributed by atoms with E-state index >= 15 is 0 Å². The SMILES string of the molecule is CC(C)(C)NC(=O)CNC(=O)CCNS(=O)(=O)c1cccnc1. The topological polar surface area (TPSA) is 117 Å². The van der Waals surface area contributed by atoms with E-state index in [-0.39, 0.29) is 35.9 Å². The molecule has 128 valence electrons. The van der Waals surface area contributed by atoms with Crippen molar-refractivity contribution >= 4 is 21.8 Å². The average Bonchev–Trinajstić information content (AvgIpc) is 2.44. The Morgan fingerprint density at radius 3 is 2.48 bits per heavy atom. The van der Waals surface area contributed by atoms with Gasteiger partial charge in [0, 0.05) is 30.9 Å². The first-order valence-electron chi connectivity index (χ1n) is 7.07. The van der Waals surface area contributed by atoms with Gasteiger partial charge in [0.15, 0.2) is 0 Å². The highest BCUT2D eigenvalue weighted by molar-refractivity contribution is 7.89. The highest BCUT2D eigenvalue weighted by Gasteiger charge is 2.16.